The molecule has 2 N–H and O–H groups in total. The van der Waals surface area contributed by atoms with Crippen molar-refractivity contribution in [3.05, 3.63) is 36.0 Å². The number of rotatable bonds is 4. The van der Waals surface area contributed by atoms with Gasteiger partial charge in [-0.15, -0.1) is 0 Å². The molecule has 5 heteroatoms. The zero-order chi connectivity index (χ0) is 13.1. The Kier molecular flexibility index (Phi) is 3.23. The minimum absolute atomic E-state index is 0.153. The number of aromatic carboxylic acids is 1. The topological polar surface area (TPSA) is 71.5 Å². The summed E-state index contributed by atoms with van der Waals surface area (Å²) in [5.74, 6) is 0.245. The Labute approximate surface area is 104 Å². The van der Waals surface area contributed by atoms with Crippen molar-refractivity contribution in [1.82, 2.24) is 4.98 Å². The lowest BCUT2D eigenvalue weighted by atomic mass is 10.1. The van der Waals surface area contributed by atoms with Gasteiger partial charge in [-0.05, 0) is 30.3 Å². The first-order valence-corrected chi connectivity index (χ1v) is 5.30. The van der Waals surface area contributed by atoms with E-state index in [9.17, 15) is 4.79 Å². The Hall–Kier alpha value is -2.43. The minimum atomic E-state index is -0.985. The third kappa shape index (κ3) is 2.15. The zero-order valence-corrected chi connectivity index (χ0v) is 10.1. The molecule has 0 aliphatic heterocycles. The van der Waals surface area contributed by atoms with E-state index in [1.54, 1.807) is 32.4 Å². The number of carbonyl (C=O) groups is 1. The summed E-state index contributed by atoms with van der Waals surface area (Å²) >= 11 is 0. The first-order valence-electron chi connectivity index (χ1n) is 5.30. The van der Waals surface area contributed by atoms with Crippen LogP contribution >= 0.6 is 0 Å². The van der Waals surface area contributed by atoms with E-state index in [0.29, 0.717) is 17.2 Å². The van der Waals surface area contributed by atoms with Crippen molar-refractivity contribution < 1.29 is 19.4 Å². The van der Waals surface area contributed by atoms with Gasteiger partial charge in [0.15, 0.2) is 11.5 Å². The number of aromatic nitrogens is 1. The molecule has 5 nitrogen and oxygen atoms in total. The van der Waals surface area contributed by atoms with E-state index in [0.717, 1.165) is 5.56 Å². The molecule has 18 heavy (non-hydrogen) atoms. The highest BCUT2D eigenvalue weighted by Gasteiger charge is 2.10. The summed E-state index contributed by atoms with van der Waals surface area (Å²) in [4.78, 5) is 13.6. The second kappa shape index (κ2) is 4.83. The number of nitrogens with one attached hydrogen (secondary N) is 1. The summed E-state index contributed by atoms with van der Waals surface area (Å²) in [6.45, 7) is 0. The molecule has 0 aliphatic rings. The molecular weight excluding hydrogens is 234 g/mol. The lowest BCUT2D eigenvalue weighted by Crippen LogP contribution is -1.95. The predicted molar refractivity (Wildman–Crippen MR) is 66.3 cm³/mol. The van der Waals surface area contributed by atoms with Gasteiger partial charge in [-0.2, -0.15) is 0 Å². The van der Waals surface area contributed by atoms with Gasteiger partial charge in [0.2, 0.25) is 0 Å². The van der Waals surface area contributed by atoms with Crippen molar-refractivity contribution in [2.45, 2.75) is 0 Å². The van der Waals surface area contributed by atoms with Crippen LogP contribution in [0.3, 0.4) is 0 Å². The van der Waals surface area contributed by atoms with Crippen molar-refractivity contribution in [1.29, 1.82) is 0 Å². The standard InChI is InChI=1S/C13H13NO4/c1-17-11-6-3-8(7-12(11)18-2)9-4-5-10(14-9)13(15)16/h3-7,14H,1-2H3,(H,15,16). The highest BCUT2D eigenvalue weighted by atomic mass is 16.5. The number of aromatic amines is 1. The molecule has 1 aromatic heterocycles. The van der Waals surface area contributed by atoms with E-state index in [4.69, 9.17) is 14.6 Å². The molecule has 2 rings (SSSR count). The number of carboxylic acid groups (broad SMARTS) is 1. The summed E-state index contributed by atoms with van der Waals surface area (Å²) < 4.78 is 10.3. The SMILES string of the molecule is COc1ccc(-c2ccc(C(=O)O)[nH]2)cc1OC. The average molecular weight is 247 g/mol. The van der Waals surface area contributed by atoms with E-state index in [1.165, 1.54) is 6.07 Å². The highest BCUT2D eigenvalue weighted by Crippen LogP contribution is 2.31. The quantitative estimate of drug-likeness (QED) is 0.870. The van der Waals surface area contributed by atoms with Gasteiger partial charge in [0, 0.05) is 11.3 Å². The van der Waals surface area contributed by atoms with Crippen molar-refractivity contribution in [2.75, 3.05) is 14.2 Å². The van der Waals surface area contributed by atoms with Crippen LogP contribution in [0.5, 0.6) is 11.5 Å². The van der Waals surface area contributed by atoms with Crippen molar-refractivity contribution >= 4 is 5.97 Å². The normalized spacial score (nSPS) is 10.1. The van der Waals surface area contributed by atoms with Crippen LogP contribution < -0.4 is 9.47 Å². The molecule has 0 unspecified atom stereocenters. The van der Waals surface area contributed by atoms with Gasteiger partial charge in [-0.25, -0.2) is 4.79 Å². The molecule has 0 saturated carbocycles. The van der Waals surface area contributed by atoms with Crippen LogP contribution in [0.4, 0.5) is 0 Å². The van der Waals surface area contributed by atoms with Crippen LogP contribution in [0.1, 0.15) is 10.5 Å². The smallest absolute Gasteiger partial charge is 0.352 e. The number of hydrogen-bond acceptors (Lipinski definition) is 3. The van der Waals surface area contributed by atoms with Gasteiger partial charge < -0.3 is 19.6 Å². The lowest BCUT2D eigenvalue weighted by Gasteiger charge is -2.08. The fourth-order valence-corrected chi connectivity index (χ4v) is 1.69. The van der Waals surface area contributed by atoms with Gasteiger partial charge in [-0.3, -0.25) is 0 Å². The Balaban J connectivity index is 2.41. The second-order valence-electron chi connectivity index (χ2n) is 3.66. The predicted octanol–water partition coefficient (Wildman–Crippen LogP) is 2.40. The minimum Gasteiger partial charge on any atom is -0.493 e. The largest absolute Gasteiger partial charge is 0.493 e. The van der Waals surface area contributed by atoms with E-state index < -0.39 is 5.97 Å². The number of hydrogen-bond donors (Lipinski definition) is 2. The third-order valence-corrected chi connectivity index (χ3v) is 2.61. The van der Waals surface area contributed by atoms with Gasteiger partial charge in [0.05, 0.1) is 14.2 Å². The Morgan fingerprint density at radius 1 is 1.11 bits per heavy atom. The van der Waals surface area contributed by atoms with E-state index >= 15 is 0 Å². The summed E-state index contributed by atoms with van der Waals surface area (Å²) in [7, 11) is 3.12. The molecule has 2 aromatic rings. The van der Waals surface area contributed by atoms with Crippen LogP contribution in [0.2, 0.25) is 0 Å². The summed E-state index contributed by atoms with van der Waals surface area (Å²) in [6, 6.07) is 8.63. The highest BCUT2D eigenvalue weighted by molar-refractivity contribution is 5.87. The zero-order valence-electron chi connectivity index (χ0n) is 10.1. The number of ether oxygens (including phenoxy) is 2. The Morgan fingerprint density at radius 2 is 1.83 bits per heavy atom. The van der Waals surface area contributed by atoms with Crippen molar-refractivity contribution in [3.8, 4) is 22.8 Å². The third-order valence-electron chi connectivity index (χ3n) is 2.61. The fraction of sp³-hybridized carbons (Fsp3) is 0.154. The average Bonchev–Trinajstić information content (AvgIpc) is 2.87. The molecular formula is C13H13NO4. The molecule has 0 aliphatic carbocycles. The van der Waals surface area contributed by atoms with Gasteiger partial charge in [0.25, 0.3) is 0 Å². The molecule has 0 fully saturated rings. The molecule has 1 heterocycles. The molecule has 1 aromatic carbocycles. The summed E-state index contributed by atoms with van der Waals surface area (Å²) in [5, 5.41) is 8.85. The van der Waals surface area contributed by atoms with Crippen molar-refractivity contribution in [3.63, 3.8) is 0 Å². The van der Waals surface area contributed by atoms with Gasteiger partial charge in [0.1, 0.15) is 5.69 Å². The van der Waals surface area contributed by atoms with E-state index in [2.05, 4.69) is 4.98 Å². The van der Waals surface area contributed by atoms with E-state index in [-0.39, 0.29) is 5.69 Å². The first kappa shape index (κ1) is 12.0. The number of methoxy groups -OCH3 is 2. The number of H-pyrrole nitrogens is 1. The van der Waals surface area contributed by atoms with Crippen LogP contribution in [0, 0.1) is 0 Å². The van der Waals surface area contributed by atoms with Crippen LogP contribution in [-0.2, 0) is 0 Å². The summed E-state index contributed by atoms with van der Waals surface area (Å²) in [6.07, 6.45) is 0. The van der Waals surface area contributed by atoms with Crippen LogP contribution in [0.25, 0.3) is 11.3 Å². The van der Waals surface area contributed by atoms with E-state index in [1.807, 2.05) is 6.07 Å². The van der Waals surface area contributed by atoms with Crippen molar-refractivity contribution in [2.24, 2.45) is 0 Å². The maximum atomic E-state index is 10.8. The maximum Gasteiger partial charge on any atom is 0.352 e. The monoisotopic (exact) mass is 247 g/mol. The van der Waals surface area contributed by atoms with Crippen LogP contribution in [0.15, 0.2) is 30.3 Å². The van der Waals surface area contributed by atoms with Crippen LogP contribution in [-0.4, -0.2) is 30.3 Å². The first-order chi connectivity index (χ1) is 8.65. The maximum absolute atomic E-state index is 10.8. The molecule has 0 spiro atoms. The molecule has 0 amide bonds. The second-order valence-corrected chi connectivity index (χ2v) is 3.66. The number of benzene rings is 1. The van der Waals surface area contributed by atoms with Gasteiger partial charge >= 0.3 is 5.97 Å². The number of carboxylic acids is 1. The fourth-order valence-electron chi connectivity index (χ4n) is 1.69. The molecule has 94 valence electrons. The summed E-state index contributed by atoms with van der Waals surface area (Å²) in [5.41, 5.74) is 1.70. The lowest BCUT2D eigenvalue weighted by molar-refractivity contribution is 0.0691. The van der Waals surface area contributed by atoms with Gasteiger partial charge in [-0.1, -0.05) is 0 Å². The Bertz CT molecular complexity index is 574. The molecule has 0 bridgehead atoms. The molecule has 0 atom stereocenters. The molecule has 0 saturated heterocycles. The molecule has 0 radical (unpaired) electrons. The Morgan fingerprint density at radius 3 is 2.39 bits per heavy atom.